The summed E-state index contributed by atoms with van der Waals surface area (Å²) in [5.74, 6) is -0.848. The van der Waals surface area contributed by atoms with Crippen LogP contribution in [0, 0.1) is 12.7 Å². The van der Waals surface area contributed by atoms with Crippen LogP contribution in [0.3, 0.4) is 0 Å². The minimum Gasteiger partial charge on any atom is -0.380 e. The molecule has 2 heterocycles. The minimum absolute atomic E-state index is 0.0572. The Morgan fingerprint density at radius 1 is 1.50 bits per heavy atom. The standard InChI is InChI=1S/C16H16FN3O3S/c1-3-22-8-7-20-14-11(17)5-4-6-13(14)24-16(20)18-15(21)12-9-10(2)19-23-12/h4-6,9H,3,7-8H2,1-2H3. The number of nitrogens with zero attached hydrogens (tertiary/aromatic N) is 3. The zero-order chi connectivity index (χ0) is 17.1. The molecular formula is C16H16FN3O3S. The SMILES string of the molecule is CCOCCn1c(=NC(=O)c2cc(C)no2)sc2cccc(F)c21. The second-order valence-electron chi connectivity index (χ2n) is 5.07. The van der Waals surface area contributed by atoms with E-state index in [-0.39, 0.29) is 11.6 Å². The molecule has 0 bridgehead atoms. The predicted molar refractivity (Wildman–Crippen MR) is 87.4 cm³/mol. The van der Waals surface area contributed by atoms with Gasteiger partial charge in [-0.15, -0.1) is 0 Å². The molecule has 0 aliphatic rings. The fourth-order valence-corrected chi connectivity index (χ4v) is 3.36. The highest BCUT2D eigenvalue weighted by Crippen LogP contribution is 2.20. The third-order valence-electron chi connectivity index (χ3n) is 3.35. The van der Waals surface area contributed by atoms with E-state index in [4.69, 9.17) is 9.26 Å². The highest BCUT2D eigenvalue weighted by Gasteiger charge is 2.14. The molecule has 0 fully saturated rings. The number of para-hydroxylation sites is 1. The van der Waals surface area contributed by atoms with Crippen molar-refractivity contribution in [3.63, 3.8) is 0 Å². The van der Waals surface area contributed by atoms with Gasteiger partial charge < -0.3 is 13.8 Å². The van der Waals surface area contributed by atoms with Crippen LogP contribution in [0.15, 0.2) is 33.8 Å². The topological polar surface area (TPSA) is 69.6 Å². The lowest BCUT2D eigenvalue weighted by Crippen LogP contribution is -2.20. The summed E-state index contributed by atoms with van der Waals surface area (Å²) < 4.78 is 26.9. The molecule has 0 saturated heterocycles. The summed E-state index contributed by atoms with van der Waals surface area (Å²) in [4.78, 5) is 16.7. The number of aryl methyl sites for hydroxylation is 1. The second-order valence-corrected chi connectivity index (χ2v) is 6.08. The number of benzene rings is 1. The van der Waals surface area contributed by atoms with E-state index in [2.05, 4.69) is 10.1 Å². The molecule has 1 amide bonds. The maximum Gasteiger partial charge on any atom is 0.318 e. The van der Waals surface area contributed by atoms with Gasteiger partial charge in [0.15, 0.2) is 4.80 Å². The van der Waals surface area contributed by atoms with Crippen LogP contribution >= 0.6 is 11.3 Å². The van der Waals surface area contributed by atoms with E-state index >= 15 is 0 Å². The third-order valence-corrected chi connectivity index (χ3v) is 4.39. The molecule has 6 nitrogen and oxygen atoms in total. The molecule has 0 radical (unpaired) electrons. The van der Waals surface area contributed by atoms with Gasteiger partial charge in [-0.05, 0) is 26.0 Å². The van der Waals surface area contributed by atoms with E-state index in [0.717, 1.165) is 0 Å². The van der Waals surface area contributed by atoms with Gasteiger partial charge in [0.1, 0.15) is 5.82 Å². The van der Waals surface area contributed by atoms with Crippen molar-refractivity contribution in [1.82, 2.24) is 9.72 Å². The number of thiazole rings is 1. The van der Waals surface area contributed by atoms with Gasteiger partial charge in [0.25, 0.3) is 0 Å². The van der Waals surface area contributed by atoms with Crippen molar-refractivity contribution in [2.75, 3.05) is 13.2 Å². The highest BCUT2D eigenvalue weighted by molar-refractivity contribution is 7.16. The molecule has 8 heteroatoms. The van der Waals surface area contributed by atoms with Gasteiger partial charge in [-0.2, -0.15) is 4.99 Å². The monoisotopic (exact) mass is 349 g/mol. The van der Waals surface area contributed by atoms with Gasteiger partial charge in [-0.25, -0.2) is 4.39 Å². The molecule has 0 atom stereocenters. The molecule has 24 heavy (non-hydrogen) atoms. The Bertz CT molecular complexity index is 942. The fourth-order valence-electron chi connectivity index (χ4n) is 2.29. The Kier molecular flexibility index (Phi) is 4.86. The molecule has 1 aromatic carbocycles. The molecule has 0 unspecified atom stereocenters. The summed E-state index contributed by atoms with van der Waals surface area (Å²) in [6.45, 7) is 4.97. The predicted octanol–water partition coefficient (Wildman–Crippen LogP) is 2.92. The van der Waals surface area contributed by atoms with Crippen LogP contribution in [0.25, 0.3) is 10.2 Å². The van der Waals surface area contributed by atoms with Gasteiger partial charge in [0.05, 0.1) is 22.5 Å². The summed E-state index contributed by atoms with van der Waals surface area (Å²) in [5, 5.41) is 3.68. The first-order valence-electron chi connectivity index (χ1n) is 7.48. The number of hydrogen-bond acceptors (Lipinski definition) is 5. The van der Waals surface area contributed by atoms with Crippen LogP contribution in [0.4, 0.5) is 4.39 Å². The Labute approximate surface area is 141 Å². The van der Waals surface area contributed by atoms with Crippen molar-refractivity contribution in [3.8, 4) is 0 Å². The molecule has 0 aliphatic carbocycles. The average Bonchev–Trinajstić information content (AvgIpc) is 3.13. The van der Waals surface area contributed by atoms with E-state index in [1.807, 2.05) is 6.92 Å². The number of amides is 1. The largest absolute Gasteiger partial charge is 0.380 e. The molecular weight excluding hydrogens is 333 g/mol. The summed E-state index contributed by atoms with van der Waals surface area (Å²) in [7, 11) is 0. The number of aromatic nitrogens is 2. The van der Waals surface area contributed by atoms with Gasteiger partial charge in [-0.3, -0.25) is 4.79 Å². The highest BCUT2D eigenvalue weighted by atomic mass is 32.1. The molecule has 2 aromatic heterocycles. The Balaban J connectivity index is 2.08. The first kappa shape index (κ1) is 16.5. The lowest BCUT2D eigenvalue weighted by Gasteiger charge is -2.05. The lowest BCUT2D eigenvalue weighted by molar-refractivity contribution is 0.0961. The summed E-state index contributed by atoms with van der Waals surface area (Å²) in [5.41, 5.74) is 1.02. The smallest absolute Gasteiger partial charge is 0.318 e. The van der Waals surface area contributed by atoms with Crippen molar-refractivity contribution in [3.05, 3.63) is 46.3 Å². The van der Waals surface area contributed by atoms with Crippen molar-refractivity contribution in [1.29, 1.82) is 0 Å². The van der Waals surface area contributed by atoms with Crippen LogP contribution in [0.5, 0.6) is 0 Å². The molecule has 0 spiro atoms. The Morgan fingerprint density at radius 2 is 2.33 bits per heavy atom. The lowest BCUT2D eigenvalue weighted by atomic mass is 10.3. The van der Waals surface area contributed by atoms with Gasteiger partial charge in [0, 0.05) is 19.2 Å². The normalized spacial score (nSPS) is 12.2. The zero-order valence-corrected chi connectivity index (χ0v) is 14.1. The Morgan fingerprint density at radius 3 is 3.04 bits per heavy atom. The number of hydrogen-bond donors (Lipinski definition) is 0. The molecule has 0 aliphatic heterocycles. The van der Waals surface area contributed by atoms with Crippen molar-refractivity contribution in [2.24, 2.45) is 4.99 Å². The third kappa shape index (κ3) is 3.29. The quantitative estimate of drug-likeness (QED) is 0.664. The number of halogens is 1. The maximum absolute atomic E-state index is 14.2. The van der Waals surface area contributed by atoms with Gasteiger partial charge >= 0.3 is 5.91 Å². The van der Waals surface area contributed by atoms with Crippen molar-refractivity contribution >= 4 is 27.5 Å². The van der Waals surface area contributed by atoms with E-state index in [0.29, 0.717) is 40.5 Å². The van der Waals surface area contributed by atoms with Crippen molar-refractivity contribution in [2.45, 2.75) is 20.4 Å². The number of rotatable bonds is 5. The fraction of sp³-hybridized carbons (Fsp3) is 0.312. The number of ether oxygens (including phenoxy) is 1. The average molecular weight is 349 g/mol. The minimum atomic E-state index is -0.548. The van der Waals surface area contributed by atoms with E-state index in [1.165, 1.54) is 23.5 Å². The number of fused-ring (bicyclic) bond motifs is 1. The van der Waals surface area contributed by atoms with Crippen LogP contribution in [0.2, 0.25) is 0 Å². The van der Waals surface area contributed by atoms with Crippen LogP contribution in [0.1, 0.15) is 23.2 Å². The Hall–Kier alpha value is -2.32. The molecule has 3 rings (SSSR count). The van der Waals surface area contributed by atoms with E-state index in [1.54, 1.807) is 23.6 Å². The molecule has 0 N–H and O–H groups in total. The van der Waals surface area contributed by atoms with Gasteiger partial charge in [0.2, 0.25) is 5.76 Å². The number of carbonyl (C=O) groups is 1. The van der Waals surface area contributed by atoms with Crippen LogP contribution < -0.4 is 4.80 Å². The van der Waals surface area contributed by atoms with Gasteiger partial charge in [-0.1, -0.05) is 22.6 Å². The van der Waals surface area contributed by atoms with Crippen molar-refractivity contribution < 1.29 is 18.4 Å². The van der Waals surface area contributed by atoms with Crippen LogP contribution in [-0.4, -0.2) is 28.8 Å². The molecule has 126 valence electrons. The number of carbonyl (C=O) groups excluding carboxylic acids is 1. The second kappa shape index (κ2) is 7.06. The first-order valence-corrected chi connectivity index (χ1v) is 8.29. The molecule has 3 aromatic rings. The van der Waals surface area contributed by atoms with E-state index in [9.17, 15) is 9.18 Å². The maximum atomic E-state index is 14.2. The first-order chi connectivity index (χ1) is 11.6. The summed E-state index contributed by atoms with van der Waals surface area (Å²) >= 11 is 1.24. The summed E-state index contributed by atoms with van der Waals surface area (Å²) in [6, 6.07) is 6.33. The molecule has 0 saturated carbocycles. The zero-order valence-electron chi connectivity index (χ0n) is 13.3. The summed E-state index contributed by atoms with van der Waals surface area (Å²) in [6.07, 6.45) is 0. The van der Waals surface area contributed by atoms with E-state index < -0.39 is 5.91 Å². The van der Waals surface area contributed by atoms with Crippen LogP contribution in [-0.2, 0) is 11.3 Å².